The Hall–Kier alpha value is -1.61. The van der Waals surface area contributed by atoms with Crippen LogP contribution < -0.4 is 5.32 Å². The van der Waals surface area contributed by atoms with Gasteiger partial charge in [0.25, 0.3) is 0 Å². The van der Waals surface area contributed by atoms with Gasteiger partial charge in [-0.3, -0.25) is 4.98 Å². The molecule has 0 aliphatic heterocycles. The molecule has 3 heteroatoms. The SMILES string of the molecule is CNCCc1ccc(O)c2ncccc12. The van der Waals surface area contributed by atoms with Crippen LogP contribution in [0.5, 0.6) is 5.75 Å². The van der Waals surface area contributed by atoms with Gasteiger partial charge in [0.15, 0.2) is 0 Å². The fourth-order valence-electron chi connectivity index (χ4n) is 1.69. The maximum absolute atomic E-state index is 9.64. The van der Waals surface area contributed by atoms with E-state index in [0.717, 1.165) is 18.4 Å². The number of nitrogens with one attached hydrogen (secondary N) is 1. The molecule has 0 saturated heterocycles. The van der Waals surface area contributed by atoms with Gasteiger partial charge in [0.05, 0.1) is 0 Å². The Balaban J connectivity index is 2.51. The topological polar surface area (TPSA) is 45.1 Å². The summed E-state index contributed by atoms with van der Waals surface area (Å²) in [6, 6.07) is 7.55. The molecular formula is C12H14N2O. The van der Waals surface area contributed by atoms with E-state index in [1.165, 1.54) is 5.56 Å². The van der Waals surface area contributed by atoms with Crippen molar-refractivity contribution in [1.82, 2.24) is 10.3 Å². The molecular weight excluding hydrogens is 188 g/mol. The Kier molecular flexibility index (Phi) is 2.83. The highest BCUT2D eigenvalue weighted by Gasteiger charge is 2.04. The number of phenolic OH excluding ortho intramolecular Hbond substituents is 1. The number of hydrogen-bond donors (Lipinski definition) is 2. The molecule has 0 spiro atoms. The minimum atomic E-state index is 0.249. The third-order valence-electron chi connectivity index (χ3n) is 2.48. The molecule has 2 rings (SSSR count). The van der Waals surface area contributed by atoms with Crippen LogP contribution in [0.2, 0.25) is 0 Å². The second kappa shape index (κ2) is 4.28. The number of likely N-dealkylation sites (N-methyl/N-ethyl adjacent to an activating group) is 1. The molecule has 0 radical (unpaired) electrons. The van der Waals surface area contributed by atoms with Crippen LogP contribution in [0.4, 0.5) is 0 Å². The van der Waals surface area contributed by atoms with E-state index in [4.69, 9.17) is 0 Å². The van der Waals surface area contributed by atoms with Crippen molar-refractivity contribution < 1.29 is 5.11 Å². The van der Waals surface area contributed by atoms with Gasteiger partial charge < -0.3 is 10.4 Å². The molecule has 3 nitrogen and oxygen atoms in total. The zero-order valence-corrected chi connectivity index (χ0v) is 8.70. The van der Waals surface area contributed by atoms with Crippen molar-refractivity contribution in [2.75, 3.05) is 13.6 Å². The van der Waals surface area contributed by atoms with Gasteiger partial charge in [0.1, 0.15) is 11.3 Å². The number of aromatic nitrogens is 1. The molecule has 0 fully saturated rings. The number of phenols is 1. The molecule has 2 N–H and O–H groups in total. The second-order valence-corrected chi connectivity index (χ2v) is 3.50. The Bertz CT molecular complexity index is 468. The Labute approximate surface area is 88.8 Å². The molecule has 0 aliphatic rings. The van der Waals surface area contributed by atoms with Crippen LogP contribution in [0.15, 0.2) is 30.5 Å². The summed E-state index contributed by atoms with van der Waals surface area (Å²) in [5.41, 5.74) is 1.90. The highest BCUT2D eigenvalue weighted by Crippen LogP contribution is 2.25. The minimum absolute atomic E-state index is 0.249. The molecule has 0 aliphatic carbocycles. The zero-order chi connectivity index (χ0) is 10.7. The number of nitrogens with zero attached hydrogens (tertiary/aromatic N) is 1. The van der Waals surface area contributed by atoms with Gasteiger partial charge in [-0.1, -0.05) is 12.1 Å². The Morgan fingerprint density at radius 2 is 2.20 bits per heavy atom. The van der Waals surface area contributed by atoms with Crippen molar-refractivity contribution >= 4 is 10.9 Å². The molecule has 0 bridgehead atoms. The van der Waals surface area contributed by atoms with E-state index in [1.807, 2.05) is 25.2 Å². The molecule has 2 aromatic rings. The van der Waals surface area contributed by atoms with E-state index in [2.05, 4.69) is 10.3 Å². The highest BCUT2D eigenvalue weighted by molar-refractivity contribution is 5.87. The van der Waals surface area contributed by atoms with Crippen LogP contribution in [-0.4, -0.2) is 23.7 Å². The first kappa shape index (κ1) is 9.93. The monoisotopic (exact) mass is 202 g/mol. The average Bonchev–Trinajstić information content (AvgIpc) is 2.29. The van der Waals surface area contributed by atoms with Gasteiger partial charge in [-0.25, -0.2) is 0 Å². The van der Waals surface area contributed by atoms with E-state index in [1.54, 1.807) is 12.3 Å². The van der Waals surface area contributed by atoms with Gasteiger partial charge >= 0.3 is 0 Å². The van der Waals surface area contributed by atoms with Crippen molar-refractivity contribution in [3.63, 3.8) is 0 Å². The lowest BCUT2D eigenvalue weighted by molar-refractivity contribution is 0.480. The van der Waals surface area contributed by atoms with Crippen LogP contribution in [0.1, 0.15) is 5.56 Å². The summed E-state index contributed by atoms with van der Waals surface area (Å²) in [4.78, 5) is 4.18. The fourth-order valence-corrected chi connectivity index (χ4v) is 1.69. The summed E-state index contributed by atoms with van der Waals surface area (Å²) >= 11 is 0. The number of pyridine rings is 1. The van der Waals surface area contributed by atoms with Crippen molar-refractivity contribution in [3.05, 3.63) is 36.0 Å². The quantitative estimate of drug-likeness (QED) is 0.796. The first-order valence-corrected chi connectivity index (χ1v) is 5.03. The number of fused-ring (bicyclic) bond motifs is 1. The summed E-state index contributed by atoms with van der Waals surface area (Å²) in [5, 5.41) is 13.8. The van der Waals surface area contributed by atoms with Crippen LogP contribution in [0.3, 0.4) is 0 Å². The smallest absolute Gasteiger partial charge is 0.141 e. The molecule has 0 atom stereocenters. The van der Waals surface area contributed by atoms with E-state index in [-0.39, 0.29) is 5.75 Å². The third kappa shape index (κ3) is 1.92. The third-order valence-corrected chi connectivity index (χ3v) is 2.48. The first-order valence-electron chi connectivity index (χ1n) is 5.03. The number of aromatic hydroxyl groups is 1. The molecule has 1 aromatic heterocycles. The van der Waals surface area contributed by atoms with Gasteiger partial charge in [-0.15, -0.1) is 0 Å². The predicted molar refractivity (Wildman–Crippen MR) is 61.0 cm³/mol. The summed E-state index contributed by atoms with van der Waals surface area (Å²) in [7, 11) is 1.93. The summed E-state index contributed by atoms with van der Waals surface area (Å²) < 4.78 is 0. The van der Waals surface area contributed by atoms with Crippen molar-refractivity contribution in [1.29, 1.82) is 0 Å². The average molecular weight is 202 g/mol. The van der Waals surface area contributed by atoms with Gasteiger partial charge in [-0.05, 0) is 37.7 Å². The highest BCUT2D eigenvalue weighted by atomic mass is 16.3. The van der Waals surface area contributed by atoms with Gasteiger partial charge in [0, 0.05) is 11.6 Å². The van der Waals surface area contributed by atoms with Crippen molar-refractivity contribution in [2.24, 2.45) is 0 Å². The fraction of sp³-hybridized carbons (Fsp3) is 0.250. The normalized spacial score (nSPS) is 10.7. The minimum Gasteiger partial charge on any atom is -0.506 e. The summed E-state index contributed by atoms with van der Waals surface area (Å²) in [6.45, 7) is 0.925. The van der Waals surface area contributed by atoms with Crippen LogP contribution >= 0.6 is 0 Å². The summed E-state index contributed by atoms with van der Waals surface area (Å²) in [5.74, 6) is 0.249. The molecule has 15 heavy (non-hydrogen) atoms. The lowest BCUT2D eigenvalue weighted by Crippen LogP contribution is -2.10. The van der Waals surface area contributed by atoms with E-state index in [9.17, 15) is 5.11 Å². The van der Waals surface area contributed by atoms with Crippen LogP contribution in [0.25, 0.3) is 10.9 Å². The van der Waals surface area contributed by atoms with E-state index >= 15 is 0 Å². The Morgan fingerprint density at radius 1 is 1.33 bits per heavy atom. The van der Waals surface area contributed by atoms with Gasteiger partial charge in [0.2, 0.25) is 0 Å². The molecule has 1 aromatic carbocycles. The second-order valence-electron chi connectivity index (χ2n) is 3.50. The van der Waals surface area contributed by atoms with Crippen molar-refractivity contribution in [2.45, 2.75) is 6.42 Å². The molecule has 0 unspecified atom stereocenters. The first-order chi connectivity index (χ1) is 7.33. The lowest BCUT2D eigenvalue weighted by atomic mass is 10.1. The molecule has 78 valence electrons. The number of benzene rings is 1. The van der Waals surface area contributed by atoms with Crippen molar-refractivity contribution in [3.8, 4) is 5.75 Å². The number of hydrogen-bond acceptors (Lipinski definition) is 3. The predicted octanol–water partition coefficient (Wildman–Crippen LogP) is 1.70. The maximum atomic E-state index is 9.64. The number of rotatable bonds is 3. The van der Waals surface area contributed by atoms with E-state index < -0.39 is 0 Å². The lowest BCUT2D eigenvalue weighted by Gasteiger charge is -2.06. The zero-order valence-electron chi connectivity index (χ0n) is 8.70. The van der Waals surface area contributed by atoms with Crippen LogP contribution in [-0.2, 0) is 6.42 Å². The van der Waals surface area contributed by atoms with Gasteiger partial charge in [-0.2, -0.15) is 0 Å². The van der Waals surface area contributed by atoms with Crippen LogP contribution in [0, 0.1) is 0 Å². The maximum Gasteiger partial charge on any atom is 0.141 e. The molecule has 0 saturated carbocycles. The largest absolute Gasteiger partial charge is 0.506 e. The molecule has 0 amide bonds. The van der Waals surface area contributed by atoms with E-state index in [0.29, 0.717) is 5.52 Å². The Morgan fingerprint density at radius 3 is 3.00 bits per heavy atom. The standard InChI is InChI=1S/C12H14N2O/c1-13-8-6-9-4-5-11(15)12-10(9)3-2-7-14-12/h2-5,7,13,15H,6,8H2,1H3. The molecule has 1 heterocycles. The summed E-state index contributed by atoms with van der Waals surface area (Å²) in [6.07, 6.45) is 2.64.